The highest BCUT2D eigenvalue weighted by molar-refractivity contribution is 8.13. The van der Waals surface area contributed by atoms with Crippen LogP contribution in [0.15, 0.2) is 101 Å². The lowest BCUT2D eigenvalue weighted by molar-refractivity contribution is -0.137. The van der Waals surface area contributed by atoms with E-state index in [2.05, 4.69) is 52.7 Å². The first-order valence-electron chi connectivity index (χ1n) is 27.3. The van der Waals surface area contributed by atoms with Crippen molar-refractivity contribution in [3.63, 3.8) is 0 Å². The molecule has 19 nitrogen and oxygen atoms in total. The van der Waals surface area contributed by atoms with Crippen LogP contribution in [-0.2, 0) is 33.8 Å². The number of ether oxygens (including phenoxy) is 3. The van der Waals surface area contributed by atoms with Crippen molar-refractivity contribution in [1.29, 1.82) is 5.41 Å². The van der Waals surface area contributed by atoms with Gasteiger partial charge in [-0.2, -0.15) is 0 Å². The van der Waals surface area contributed by atoms with Crippen molar-refractivity contribution in [2.45, 2.75) is 79.1 Å². The van der Waals surface area contributed by atoms with Gasteiger partial charge in [0.05, 0.1) is 31.4 Å². The Kier molecular flexibility index (Phi) is 21.8. The quantitative estimate of drug-likeness (QED) is 0.0121. The standard InChI is InChI=1S/C60H77N9O10S2/c1-39(2)32-59(4)37-60(33-44(31-51(59)60)77-28-25-67(6)27-30-81-76)38-63-40(3)48(34-61)46-18-20-52(65-54(46)56(73)74)69-23-21-45-49(35-69)47(55(72)66-57(80-7)64-43-11-9-8-10-12-43)17-19-50(45)78-29-26-68(24-22-53(70)71)58(75)79-36-41-13-15-42(62-5)16-14-41/h8-20,31,34,39,44,61-63,76H,21-30,32-33,35-38H2,1-7H3,(H,70,71)(H,73,74)(H,64,66,72)/b48-40+,61-34?. The van der Waals surface area contributed by atoms with Crippen LogP contribution in [0.1, 0.15) is 96.5 Å². The number of likely N-dealkylation sites (N-methyl/N-ethyl adjacent to an activating group) is 1. The number of carboxylic acids is 2. The maximum Gasteiger partial charge on any atom is 0.410 e. The fourth-order valence-electron chi connectivity index (χ4n) is 11.4. The number of nitrogens with one attached hydrogen (secondary N) is 4. The van der Waals surface area contributed by atoms with Gasteiger partial charge in [0.25, 0.3) is 5.91 Å². The lowest BCUT2D eigenvalue weighted by Crippen LogP contribution is -2.51. The highest BCUT2D eigenvalue weighted by atomic mass is 32.2. The summed E-state index contributed by atoms with van der Waals surface area (Å²) in [6.45, 7) is 11.7. The van der Waals surface area contributed by atoms with Crippen LogP contribution in [0.4, 0.5) is 22.0 Å². The monoisotopic (exact) mass is 1150 g/mol. The summed E-state index contributed by atoms with van der Waals surface area (Å²) >= 11 is 2.11. The number of benzene rings is 3. The normalized spacial score (nSPS) is 18.7. The molecular formula is C60H77N9O10S2. The summed E-state index contributed by atoms with van der Waals surface area (Å²) in [6.07, 6.45) is 7.46. The summed E-state index contributed by atoms with van der Waals surface area (Å²) < 4.78 is 27.6. The Hall–Kier alpha value is -6.91. The molecule has 4 aromatic rings. The third-order valence-corrected chi connectivity index (χ3v) is 16.1. The number of hydrogen-bond donors (Lipinski definition) is 7. The minimum Gasteiger partial charge on any atom is -0.491 e. The molecule has 0 radical (unpaired) electrons. The first kappa shape index (κ1) is 61.7. The average Bonchev–Trinajstić information content (AvgIpc) is 4.06. The van der Waals surface area contributed by atoms with Crippen LogP contribution in [0, 0.1) is 22.2 Å². The Morgan fingerprint density at radius 2 is 1.73 bits per heavy atom. The van der Waals surface area contributed by atoms with Gasteiger partial charge in [-0.05, 0) is 129 Å². The van der Waals surface area contributed by atoms with Gasteiger partial charge in [0.2, 0.25) is 0 Å². The Balaban J connectivity index is 1.11. The van der Waals surface area contributed by atoms with E-state index in [9.17, 15) is 33.9 Å². The Morgan fingerprint density at radius 1 is 0.975 bits per heavy atom. The molecule has 3 aliphatic rings. The maximum absolute atomic E-state index is 14.3. The predicted molar refractivity (Wildman–Crippen MR) is 321 cm³/mol. The second-order valence-corrected chi connectivity index (χ2v) is 22.9. The molecule has 2 amide bonds. The molecule has 7 N–H and O–H groups in total. The van der Waals surface area contributed by atoms with E-state index in [1.165, 1.54) is 28.4 Å². The van der Waals surface area contributed by atoms with Crippen molar-refractivity contribution in [2.75, 3.05) is 88.8 Å². The zero-order chi connectivity index (χ0) is 58.3. The summed E-state index contributed by atoms with van der Waals surface area (Å²) in [4.78, 5) is 67.2. The van der Waals surface area contributed by atoms with E-state index in [1.807, 2.05) is 79.7 Å². The number of amidine groups is 1. The van der Waals surface area contributed by atoms with Gasteiger partial charge in [-0.3, -0.25) is 9.59 Å². The molecule has 0 saturated heterocycles. The largest absolute Gasteiger partial charge is 0.491 e. The minimum absolute atomic E-state index is 0.00790. The van der Waals surface area contributed by atoms with Crippen molar-refractivity contribution in [3.8, 4) is 5.75 Å². The zero-order valence-corrected chi connectivity index (χ0v) is 49.0. The highest BCUT2D eigenvalue weighted by Gasteiger charge is 2.59. The number of para-hydroxylation sites is 1. The van der Waals surface area contributed by atoms with E-state index in [0.717, 1.165) is 61.2 Å². The van der Waals surface area contributed by atoms with E-state index in [0.29, 0.717) is 82.6 Å². The van der Waals surface area contributed by atoms with Gasteiger partial charge >= 0.3 is 18.0 Å². The van der Waals surface area contributed by atoms with Gasteiger partial charge in [-0.25, -0.2) is 19.6 Å². The van der Waals surface area contributed by atoms with Crippen LogP contribution in [-0.4, -0.2) is 150 Å². The van der Waals surface area contributed by atoms with E-state index in [-0.39, 0.29) is 67.5 Å². The molecule has 1 aromatic heterocycles. The number of rotatable bonds is 28. The van der Waals surface area contributed by atoms with Crippen LogP contribution in [0.2, 0.25) is 0 Å². The van der Waals surface area contributed by atoms with Gasteiger partial charge in [0, 0.05) is 97.3 Å². The summed E-state index contributed by atoms with van der Waals surface area (Å²) in [5.41, 5.74) is 6.37. The van der Waals surface area contributed by atoms with Crippen LogP contribution >= 0.6 is 23.8 Å². The molecule has 434 valence electrons. The molecule has 3 aromatic carbocycles. The summed E-state index contributed by atoms with van der Waals surface area (Å²) in [7, 11) is 3.82. The second-order valence-electron chi connectivity index (χ2n) is 21.5. The molecule has 1 aliphatic heterocycles. The number of carboxylic acid groups (broad SMARTS) is 2. The van der Waals surface area contributed by atoms with Crippen molar-refractivity contribution in [1.82, 2.24) is 25.4 Å². The van der Waals surface area contributed by atoms with Crippen LogP contribution in [0.25, 0.3) is 5.57 Å². The highest BCUT2D eigenvalue weighted by Crippen LogP contribution is 2.66. The van der Waals surface area contributed by atoms with E-state index in [1.54, 1.807) is 31.3 Å². The van der Waals surface area contributed by atoms with Crippen molar-refractivity contribution in [3.05, 3.63) is 130 Å². The summed E-state index contributed by atoms with van der Waals surface area (Å²) in [5.74, 6) is -0.793. The van der Waals surface area contributed by atoms with Crippen molar-refractivity contribution in [2.24, 2.45) is 21.7 Å². The number of anilines is 2. The number of aromatic nitrogens is 1. The number of fused-ring (bicyclic) bond motifs is 2. The number of carbonyl (C=O) groups is 4. The maximum atomic E-state index is 14.3. The van der Waals surface area contributed by atoms with E-state index >= 15 is 0 Å². The first-order chi connectivity index (χ1) is 38.9. The number of aromatic carboxylic acids is 1. The van der Waals surface area contributed by atoms with Crippen molar-refractivity contribution >= 4 is 81.9 Å². The fraction of sp³-hybridized carbons (Fsp3) is 0.450. The zero-order valence-electron chi connectivity index (χ0n) is 47.4. The van der Waals surface area contributed by atoms with Gasteiger partial charge < -0.3 is 65.0 Å². The van der Waals surface area contributed by atoms with E-state index < -0.39 is 23.9 Å². The van der Waals surface area contributed by atoms with Gasteiger partial charge in [-0.15, -0.1) is 0 Å². The average molecular weight is 1150 g/mol. The Labute approximate surface area is 483 Å². The van der Waals surface area contributed by atoms with E-state index in [4.69, 9.17) is 24.6 Å². The molecule has 3 unspecified atom stereocenters. The number of aliphatic carboxylic acids is 1. The number of aliphatic imine (C=N–C) groups is 1. The number of hydrogen-bond acceptors (Lipinski definition) is 17. The smallest absolute Gasteiger partial charge is 0.410 e. The molecule has 1 saturated carbocycles. The molecule has 0 spiro atoms. The molecule has 2 heterocycles. The fourth-order valence-corrected chi connectivity index (χ4v) is 12.2. The third kappa shape index (κ3) is 16.0. The Bertz CT molecular complexity index is 2980. The number of nitrogens with zero attached hydrogens (tertiary/aromatic N) is 5. The number of thioether (sulfide) groups is 1. The first-order valence-corrected chi connectivity index (χ1v) is 29.5. The van der Waals surface area contributed by atoms with Gasteiger partial charge in [-0.1, -0.05) is 74.5 Å². The minimum atomic E-state index is -1.26. The predicted octanol–water partition coefficient (Wildman–Crippen LogP) is 9.92. The third-order valence-electron chi connectivity index (χ3n) is 15.2. The number of pyridine rings is 1. The molecule has 0 bridgehead atoms. The topological polar surface area (TPSA) is 252 Å². The number of carbonyl (C=O) groups excluding carboxylic acids is 2. The van der Waals surface area contributed by atoms with Gasteiger partial charge in [0.15, 0.2) is 10.9 Å². The van der Waals surface area contributed by atoms with Crippen LogP contribution in [0.5, 0.6) is 5.75 Å². The summed E-state index contributed by atoms with van der Waals surface area (Å²) in [6, 6.07) is 23.4. The summed E-state index contributed by atoms with van der Waals surface area (Å²) in [5, 5.41) is 38.9. The molecule has 2 aliphatic carbocycles. The molecule has 3 atom stereocenters. The number of allylic oxidation sites excluding steroid dienone is 2. The molecule has 81 heavy (non-hydrogen) atoms. The lowest BCUT2D eigenvalue weighted by Gasteiger charge is -2.56. The lowest BCUT2D eigenvalue weighted by atomic mass is 9.48. The van der Waals surface area contributed by atoms with Crippen molar-refractivity contribution < 1.29 is 48.2 Å². The molecule has 7 rings (SSSR count). The molecular weight excluding hydrogens is 1070 g/mol. The second kappa shape index (κ2) is 28.7. The SMILES string of the molecule is CNc1ccc(COC(=O)N(CCOc2ccc(C(=O)N/C(=N/c3ccccc3)SC)c3c2CCN(c2ccc(/C(C=N)=C(\C)NCC45CC(OCCN(C)CCSO)C=C4C(C)(CC(C)C)C5)c(C(=O)O)n2)C3)CCC(=O)O)cc1. The van der Waals surface area contributed by atoms with Crippen LogP contribution < -0.4 is 25.6 Å². The molecule has 1 fully saturated rings. The molecule has 21 heteroatoms. The Morgan fingerprint density at radius 3 is 2.41 bits per heavy atom. The number of amides is 2. The van der Waals surface area contributed by atoms with Gasteiger partial charge in [0.1, 0.15) is 24.8 Å². The van der Waals surface area contributed by atoms with Crippen LogP contribution in [0.3, 0.4) is 0 Å².